The Morgan fingerprint density at radius 1 is 1.00 bits per heavy atom. The normalized spacial score (nSPS) is 15.5. The maximum absolute atomic E-state index is 13.2. The van der Waals surface area contributed by atoms with Crippen LogP contribution in [0, 0.1) is 5.82 Å². The van der Waals surface area contributed by atoms with Gasteiger partial charge in [-0.25, -0.2) is 4.39 Å². The van der Waals surface area contributed by atoms with Gasteiger partial charge in [-0.15, -0.1) is 0 Å². The van der Waals surface area contributed by atoms with Crippen LogP contribution in [-0.4, -0.2) is 48.7 Å². The van der Waals surface area contributed by atoms with E-state index in [-0.39, 0.29) is 23.5 Å². The maximum Gasteiger partial charge on any atom is 0.273 e. The molecule has 4 aromatic rings. The molecule has 0 unspecified atom stereocenters. The lowest BCUT2D eigenvalue weighted by molar-refractivity contribution is 0.0914. The molecule has 3 aromatic heterocycles. The van der Waals surface area contributed by atoms with E-state index in [9.17, 15) is 9.18 Å². The molecule has 1 fully saturated rings. The van der Waals surface area contributed by atoms with Crippen molar-refractivity contribution < 1.29 is 22.5 Å². The minimum Gasteiger partial charge on any atom is -0.468 e. The molecule has 4 heterocycles. The third kappa shape index (κ3) is 4.68. The van der Waals surface area contributed by atoms with Crippen LogP contribution < -0.4 is 10.2 Å². The van der Waals surface area contributed by atoms with Gasteiger partial charge in [0.15, 0.2) is 11.5 Å². The van der Waals surface area contributed by atoms with Gasteiger partial charge in [0.05, 0.1) is 18.6 Å². The number of aromatic nitrogens is 1. The molecule has 1 atom stereocenters. The van der Waals surface area contributed by atoms with Crippen LogP contribution in [0.4, 0.5) is 10.1 Å². The van der Waals surface area contributed by atoms with E-state index in [4.69, 9.17) is 13.4 Å². The standard InChI is InChI=1S/C24H23FN4O4/c25-17-5-7-18(8-6-17)28-9-11-29(12-10-28)20(21-3-1-13-31-21)16-26-24(30)19-15-23(33-27-19)22-4-2-14-32-22/h1-8,13-15,20H,9-12,16H2,(H,26,30)/t20-/m0/s1. The summed E-state index contributed by atoms with van der Waals surface area (Å²) in [5.41, 5.74) is 1.18. The lowest BCUT2D eigenvalue weighted by atomic mass is 10.1. The predicted molar refractivity (Wildman–Crippen MR) is 118 cm³/mol. The summed E-state index contributed by atoms with van der Waals surface area (Å²) in [5.74, 6) is 1.10. The van der Waals surface area contributed by atoms with Crippen molar-refractivity contribution in [2.24, 2.45) is 0 Å². The van der Waals surface area contributed by atoms with Crippen LogP contribution in [0.2, 0.25) is 0 Å². The zero-order valence-corrected chi connectivity index (χ0v) is 17.8. The summed E-state index contributed by atoms with van der Waals surface area (Å²) in [6.45, 7) is 3.46. The van der Waals surface area contributed by atoms with Gasteiger partial charge in [0.25, 0.3) is 5.91 Å². The van der Waals surface area contributed by atoms with Crippen molar-refractivity contribution in [2.75, 3.05) is 37.6 Å². The van der Waals surface area contributed by atoms with Crippen molar-refractivity contribution in [3.63, 3.8) is 0 Å². The molecule has 1 aliphatic rings. The van der Waals surface area contributed by atoms with Crippen molar-refractivity contribution in [2.45, 2.75) is 6.04 Å². The van der Waals surface area contributed by atoms with Crippen molar-refractivity contribution in [3.8, 4) is 11.5 Å². The third-order valence-electron chi connectivity index (χ3n) is 5.78. The van der Waals surface area contributed by atoms with E-state index < -0.39 is 0 Å². The number of piperazine rings is 1. The van der Waals surface area contributed by atoms with Crippen molar-refractivity contribution in [1.29, 1.82) is 0 Å². The summed E-state index contributed by atoms with van der Waals surface area (Å²) >= 11 is 0. The first kappa shape index (κ1) is 21.0. The molecule has 0 radical (unpaired) electrons. The zero-order chi connectivity index (χ0) is 22.6. The van der Waals surface area contributed by atoms with Crippen molar-refractivity contribution in [3.05, 3.63) is 84.4 Å². The Bertz CT molecular complexity index is 1160. The first-order valence-corrected chi connectivity index (χ1v) is 10.7. The van der Waals surface area contributed by atoms with E-state index in [0.717, 1.165) is 37.6 Å². The molecule has 1 saturated heterocycles. The van der Waals surface area contributed by atoms with Gasteiger partial charge in [0.2, 0.25) is 5.76 Å². The zero-order valence-electron chi connectivity index (χ0n) is 17.8. The van der Waals surface area contributed by atoms with Gasteiger partial charge in [-0.05, 0) is 48.5 Å². The Morgan fingerprint density at radius 3 is 2.45 bits per heavy atom. The van der Waals surface area contributed by atoms with Gasteiger partial charge in [0.1, 0.15) is 11.6 Å². The average molecular weight is 450 g/mol. The van der Waals surface area contributed by atoms with E-state index in [1.54, 1.807) is 36.6 Å². The Morgan fingerprint density at radius 2 is 1.76 bits per heavy atom. The number of amides is 1. The topological polar surface area (TPSA) is 87.9 Å². The SMILES string of the molecule is O=C(NC[C@@H](c1ccco1)N1CCN(c2ccc(F)cc2)CC1)c1cc(-c2ccco2)on1. The van der Waals surface area contributed by atoms with E-state index in [1.807, 2.05) is 12.1 Å². The molecule has 0 spiro atoms. The fourth-order valence-corrected chi connectivity index (χ4v) is 4.03. The number of nitrogens with one attached hydrogen (secondary N) is 1. The first-order valence-electron chi connectivity index (χ1n) is 10.7. The molecule has 1 amide bonds. The van der Waals surface area contributed by atoms with Gasteiger partial charge in [-0.2, -0.15) is 0 Å². The number of carbonyl (C=O) groups is 1. The summed E-state index contributed by atoms with van der Waals surface area (Å²) in [6.07, 6.45) is 3.16. The second-order valence-corrected chi connectivity index (χ2v) is 7.79. The molecule has 5 rings (SSSR count). The second kappa shape index (κ2) is 9.33. The highest BCUT2D eigenvalue weighted by Crippen LogP contribution is 2.25. The lowest BCUT2D eigenvalue weighted by Crippen LogP contribution is -2.49. The fraction of sp³-hybridized carbons (Fsp3) is 0.250. The van der Waals surface area contributed by atoms with Gasteiger partial charge < -0.3 is 23.6 Å². The molecule has 0 bridgehead atoms. The molecule has 1 N–H and O–H groups in total. The lowest BCUT2D eigenvalue weighted by Gasteiger charge is -2.39. The van der Waals surface area contributed by atoms with Gasteiger partial charge in [-0.3, -0.25) is 9.69 Å². The smallest absolute Gasteiger partial charge is 0.273 e. The van der Waals surface area contributed by atoms with Gasteiger partial charge in [-0.1, -0.05) is 5.16 Å². The van der Waals surface area contributed by atoms with E-state index >= 15 is 0 Å². The highest BCUT2D eigenvalue weighted by atomic mass is 19.1. The van der Waals surface area contributed by atoms with Crippen LogP contribution in [0.3, 0.4) is 0 Å². The third-order valence-corrected chi connectivity index (χ3v) is 5.78. The number of carbonyl (C=O) groups excluding carboxylic acids is 1. The summed E-state index contributed by atoms with van der Waals surface area (Å²) in [5, 5.41) is 6.80. The van der Waals surface area contributed by atoms with E-state index in [1.165, 1.54) is 18.4 Å². The minimum absolute atomic E-state index is 0.129. The second-order valence-electron chi connectivity index (χ2n) is 7.79. The Labute approximate surface area is 189 Å². The Balaban J connectivity index is 1.23. The van der Waals surface area contributed by atoms with Gasteiger partial charge in [0, 0.05) is 44.5 Å². The quantitative estimate of drug-likeness (QED) is 0.456. The minimum atomic E-state index is -0.335. The van der Waals surface area contributed by atoms with Crippen LogP contribution in [0.5, 0.6) is 0 Å². The summed E-state index contributed by atoms with van der Waals surface area (Å²) in [4.78, 5) is 17.2. The van der Waals surface area contributed by atoms with Crippen LogP contribution in [-0.2, 0) is 0 Å². The number of anilines is 1. The largest absolute Gasteiger partial charge is 0.468 e. The highest BCUT2D eigenvalue weighted by Gasteiger charge is 2.28. The predicted octanol–water partition coefficient (Wildman–Crippen LogP) is 3.96. The number of hydrogen-bond acceptors (Lipinski definition) is 7. The molecule has 1 aromatic carbocycles. The first-order chi connectivity index (χ1) is 16.2. The molecule has 170 valence electrons. The van der Waals surface area contributed by atoms with E-state index in [2.05, 4.69) is 20.3 Å². The molecule has 9 heteroatoms. The number of benzene rings is 1. The van der Waals surface area contributed by atoms with Crippen LogP contribution in [0.1, 0.15) is 22.3 Å². The number of nitrogens with zero attached hydrogens (tertiary/aromatic N) is 3. The fourth-order valence-electron chi connectivity index (χ4n) is 4.03. The molecular weight excluding hydrogens is 427 g/mol. The van der Waals surface area contributed by atoms with Crippen LogP contribution in [0.25, 0.3) is 11.5 Å². The Kier molecular flexibility index (Phi) is 5.95. The molecule has 1 aliphatic heterocycles. The molecule has 8 nitrogen and oxygen atoms in total. The Hall–Kier alpha value is -3.85. The molecule has 0 saturated carbocycles. The van der Waals surface area contributed by atoms with E-state index in [0.29, 0.717) is 18.1 Å². The maximum atomic E-state index is 13.2. The molecule has 33 heavy (non-hydrogen) atoms. The number of rotatable bonds is 7. The summed E-state index contributed by atoms with van der Waals surface area (Å²) in [7, 11) is 0. The van der Waals surface area contributed by atoms with Crippen LogP contribution >= 0.6 is 0 Å². The van der Waals surface area contributed by atoms with Crippen molar-refractivity contribution in [1.82, 2.24) is 15.4 Å². The highest BCUT2D eigenvalue weighted by molar-refractivity contribution is 5.92. The van der Waals surface area contributed by atoms with Crippen molar-refractivity contribution >= 4 is 11.6 Å². The van der Waals surface area contributed by atoms with Gasteiger partial charge >= 0.3 is 0 Å². The average Bonchev–Trinajstić information content (AvgIpc) is 3.63. The number of furan rings is 2. The monoisotopic (exact) mass is 450 g/mol. The molecular formula is C24H23FN4O4. The number of hydrogen-bond donors (Lipinski definition) is 1. The molecule has 0 aliphatic carbocycles. The summed E-state index contributed by atoms with van der Waals surface area (Å²) in [6, 6.07) is 15.2. The summed E-state index contributed by atoms with van der Waals surface area (Å²) < 4.78 is 29.4. The number of halogens is 1. The van der Waals surface area contributed by atoms with Crippen LogP contribution in [0.15, 0.2) is 80.5 Å².